The highest BCUT2D eigenvalue weighted by Gasteiger charge is 2.10. The third-order valence-electron chi connectivity index (χ3n) is 3.37. The molecule has 0 aliphatic heterocycles. The van der Waals surface area contributed by atoms with E-state index in [1.54, 1.807) is 0 Å². The number of nitrogens with zero attached hydrogens (tertiary/aromatic N) is 1. The molecule has 0 saturated carbocycles. The van der Waals surface area contributed by atoms with Crippen LogP contribution in [0.25, 0.3) is 0 Å². The number of hydrogen-bond donors (Lipinski definition) is 1. The summed E-state index contributed by atoms with van der Waals surface area (Å²) >= 11 is 0. The molecule has 0 unspecified atom stereocenters. The third-order valence-corrected chi connectivity index (χ3v) is 3.37. The van der Waals surface area contributed by atoms with Gasteiger partial charge in [-0.1, -0.05) is 31.5 Å². The second kappa shape index (κ2) is 8.98. The molecule has 1 aromatic rings. The third kappa shape index (κ3) is 5.51. The number of aryl methyl sites for hydroxylation is 1. The Hall–Kier alpha value is -1.06. The normalized spacial score (nSPS) is 11.1. The summed E-state index contributed by atoms with van der Waals surface area (Å²) in [5, 5.41) is 3.52. The van der Waals surface area contributed by atoms with Gasteiger partial charge in [0.25, 0.3) is 0 Å². The molecular weight excluding hydrogens is 248 g/mol. The number of rotatable bonds is 9. The minimum Gasteiger partial charge on any atom is -0.380 e. The van der Waals surface area contributed by atoms with E-state index in [0.717, 1.165) is 32.8 Å². The van der Waals surface area contributed by atoms with Crippen LogP contribution in [0.2, 0.25) is 0 Å². The van der Waals surface area contributed by atoms with Crippen molar-refractivity contribution >= 4 is 5.69 Å². The first kappa shape index (κ1) is 17.0. The lowest BCUT2D eigenvalue weighted by Gasteiger charge is -2.26. The molecular formula is C17H30N2O. The maximum Gasteiger partial charge on any atom is 0.0641 e. The Balaban J connectivity index is 2.83. The second-order valence-electron chi connectivity index (χ2n) is 5.44. The largest absolute Gasteiger partial charge is 0.380 e. The van der Waals surface area contributed by atoms with Gasteiger partial charge < -0.3 is 15.0 Å². The molecule has 1 aromatic carbocycles. The summed E-state index contributed by atoms with van der Waals surface area (Å²) in [4.78, 5) is 2.40. The van der Waals surface area contributed by atoms with Crippen molar-refractivity contribution in [3.63, 3.8) is 0 Å². The van der Waals surface area contributed by atoms with Crippen molar-refractivity contribution in [1.82, 2.24) is 5.32 Å². The van der Waals surface area contributed by atoms with E-state index in [0.29, 0.717) is 6.04 Å². The number of ether oxygens (including phenoxy) is 1. The predicted octanol–water partition coefficient (Wildman–Crippen LogP) is 3.36. The van der Waals surface area contributed by atoms with Gasteiger partial charge in [-0.05, 0) is 32.4 Å². The fourth-order valence-corrected chi connectivity index (χ4v) is 2.25. The van der Waals surface area contributed by atoms with Crippen LogP contribution in [0.3, 0.4) is 0 Å². The first-order valence-electron chi connectivity index (χ1n) is 7.74. The highest BCUT2D eigenvalue weighted by atomic mass is 16.5. The van der Waals surface area contributed by atoms with Gasteiger partial charge in [-0.15, -0.1) is 0 Å². The van der Waals surface area contributed by atoms with Gasteiger partial charge in [0.2, 0.25) is 0 Å². The predicted molar refractivity (Wildman–Crippen MR) is 87.5 cm³/mol. The zero-order valence-electron chi connectivity index (χ0n) is 13.7. The van der Waals surface area contributed by atoms with Gasteiger partial charge in [-0.3, -0.25) is 0 Å². The van der Waals surface area contributed by atoms with E-state index in [2.05, 4.69) is 56.1 Å². The average molecular weight is 278 g/mol. The summed E-state index contributed by atoms with van der Waals surface area (Å²) in [5.74, 6) is 0. The Morgan fingerprint density at radius 3 is 2.60 bits per heavy atom. The lowest BCUT2D eigenvalue weighted by Crippen LogP contribution is -2.30. The number of hydrogen-bond acceptors (Lipinski definition) is 3. The molecule has 0 bridgehead atoms. The quantitative estimate of drug-likeness (QED) is 0.701. The summed E-state index contributed by atoms with van der Waals surface area (Å²) in [7, 11) is 0. The van der Waals surface area contributed by atoms with Crippen LogP contribution < -0.4 is 10.2 Å². The molecule has 1 rings (SSSR count). The van der Waals surface area contributed by atoms with E-state index in [1.807, 2.05) is 6.92 Å². The van der Waals surface area contributed by atoms with Crippen LogP contribution in [-0.2, 0) is 11.3 Å². The number of likely N-dealkylation sites (N-methyl/N-ethyl adjacent to an activating group) is 1. The minimum atomic E-state index is 0.502. The van der Waals surface area contributed by atoms with Crippen LogP contribution in [0.4, 0.5) is 5.69 Å². The van der Waals surface area contributed by atoms with Crippen molar-refractivity contribution in [3.8, 4) is 0 Å². The first-order valence-corrected chi connectivity index (χ1v) is 7.74. The molecule has 20 heavy (non-hydrogen) atoms. The molecule has 3 nitrogen and oxygen atoms in total. The number of anilines is 1. The standard InChI is InChI=1S/C17H30N2O/c1-6-19(10-11-20-7-2)17-9-8-15(5)12-16(17)13-18-14(3)4/h8-9,12,14,18H,6-7,10-11,13H2,1-5H3. The van der Waals surface area contributed by atoms with Gasteiger partial charge in [-0.2, -0.15) is 0 Å². The van der Waals surface area contributed by atoms with Crippen molar-refractivity contribution in [2.24, 2.45) is 0 Å². The summed E-state index contributed by atoms with van der Waals surface area (Å²) in [6, 6.07) is 7.22. The maximum atomic E-state index is 5.49. The number of nitrogens with one attached hydrogen (secondary N) is 1. The Kier molecular flexibility index (Phi) is 7.63. The zero-order valence-corrected chi connectivity index (χ0v) is 13.7. The van der Waals surface area contributed by atoms with Gasteiger partial charge in [0, 0.05) is 38.0 Å². The Morgan fingerprint density at radius 1 is 1.25 bits per heavy atom. The minimum absolute atomic E-state index is 0.502. The lowest BCUT2D eigenvalue weighted by molar-refractivity contribution is 0.154. The van der Waals surface area contributed by atoms with E-state index >= 15 is 0 Å². The molecule has 0 aliphatic rings. The van der Waals surface area contributed by atoms with Gasteiger partial charge >= 0.3 is 0 Å². The van der Waals surface area contributed by atoms with E-state index in [-0.39, 0.29) is 0 Å². The van der Waals surface area contributed by atoms with Crippen molar-refractivity contribution in [3.05, 3.63) is 29.3 Å². The van der Waals surface area contributed by atoms with E-state index in [4.69, 9.17) is 4.74 Å². The van der Waals surface area contributed by atoms with E-state index in [9.17, 15) is 0 Å². The fraction of sp³-hybridized carbons (Fsp3) is 0.647. The second-order valence-corrected chi connectivity index (χ2v) is 5.44. The molecule has 0 radical (unpaired) electrons. The number of benzene rings is 1. The summed E-state index contributed by atoms with van der Waals surface area (Å²) < 4.78 is 5.49. The van der Waals surface area contributed by atoms with Gasteiger partial charge in [-0.25, -0.2) is 0 Å². The lowest BCUT2D eigenvalue weighted by atomic mass is 10.1. The molecule has 0 heterocycles. The van der Waals surface area contributed by atoms with Crippen LogP contribution in [-0.4, -0.2) is 32.3 Å². The molecule has 0 fully saturated rings. The topological polar surface area (TPSA) is 24.5 Å². The van der Waals surface area contributed by atoms with Crippen molar-refractivity contribution in [1.29, 1.82) is 0 Å². The summed E-state index contributed by atoms with van der Waals surface area (Å²) in [6.07, 6.45) is 0. The van der Waals surface area contributed by atoms with Gasteiger partial charge in [0.15, 0.2) is 0 Å². The monoisotopic (exact) mass is 278 g/mol. The van der Waals surface area contributed by atoms with Crippen molar-refractivity contribution in [2.45, 2.75) is 47.2 Å². The smallest absolute Gasteiger partial charge is 0.0641 e. The highest BCUT2D eigenvalue weighted by molar-refractivity contribution is 5.55. The highest BCUT2D eigenvalue weighted by Crippen LogP contribution is 2.22. The molecule has 3 heteroatoms. The fourth-order valence-electron chi connectivity index (χ4n) is 2.25. The molecule has 0 aromatic heterocycles. The van der Waals surface area contributed by atoms with Gasteiger partial charge in [0.1, 0.15) is 0 Å². The maximum absolute atomic E-state index is 5.49. The average Bonchev–Trinajstić information content (AvgIpc) is 2.42. The molecule has 0 spiro atoms. The molecule has 0 amide bonds. The van der Waals surface area contributed by atoms with Crippen LogP contribution in [0.1, 0.15) is 38.8 Å². The van der Waals surface area contributed by atoms with Crippen molar-refractivity contribution < 1.29 is 4.74 Å². The molecule has 0 aliphatic carbocycles. The van der Waals surface area contributed by atoms with Crippen LogP contribution in [0.15, 0.2) is 18.2 Å². The molecule has 0 atom stereocenters. The first-order chi connectivity index (χ1) is 9.58. The van der Waals surface area contributed by atoms with Crippen LogP contribution >= 0.6 is 0 Å². The Bertz CT molecular complexity index is 391. The van der Waals surface area contributed by atoms with E-state index < -0.39 is 0 Å². The zero-order chi connectivity index (χ0) is 15.0. The van der Waals surface area contributed by atoms with Crippen LogP contribution in [0, 0.1) is 6.92 Å². The molecule has 1 N–H and O–H groups in total. The van der Waals surface area contributed by atoms with Crippen LogP contribution in [0.5, 0.6) is 0 Å². The summed E-state index contributed by atoms with van der Waals surface area (Å²) in [6.45, 7) is 15.2. The SMILES string of the molecule is CCOCCN(CC)c1ccc(C)cc1CNC(C)C. The van der Waals surface area contributed by atoms with E-state index in [1.165, 1.54) is 16.8 Å². The van der Waals surface area contributed by atoms with Gasteiger partial charge in [0.05, 0.1) is 6.61 Å². The molecule has 0 saturated heterocycles. The summed E-state index contributed by atoms with van der Waals surface area (Å²) in [5.41, 5.74) is 4.01. The molecule has 114 valence electrons. The Labute approximate surface area is 124 Å². The van der Waals surface area contributed by atoms with Crippen molar-refractivity contribution in [2.75, 3.05) is 31.2 Å². The Morgan fingerprint density at radius 2 is 2.00 bits per heavy atom.